The summed E-state index contributed by atoms with van der Waals surface area (Å²) in [6.45, 7) is 7.21. The quantitative estimate of drug-likeness (QED) is 0.732. The van der Waals surface area contributed by atoms with Crippen molar-refractivity contribution in [2.75, 3.05) is 26.2 Å². The summed E-state index contributed by atoms with van der Waals surface area (Å²) >= 11 is 3.41. The lowest BCUT2D eigenvalue weighted by atomic mass is 9.94. The summed E-state index contributed by atoms with van der Waals surface area (Å²) in [5, 5.41) is 0. The van der Waals surface area contributed by atoms with Crippen molar-refractivity contribution >= 4 is 27.7 Å². The zero-order valence-corrected chi connectivity index (χ0v) is 16.2. The third-order valence-corrected chi connectivity index (χ3v) is 4.99. The van der Waals surface area contributed by atoms with Crippen molar-refractivity contribution in [1.29, 1.82) is 0 Å². The lowest BCUT2D eigenvalue weighted by Gasteiger charge is -2.34. The van der Waals surface area contributed by atoms with E-state index in [4.69, 9.17) is 0 Å². The van der Waals surface area contributed by atoms with E-state index in [1.54, 1.807) is 0 Å². The molecule has 2 amide bonds. The number of carbonyl (C=O) groups is 2. The van der Waals surface area contributed by atoms with Crippen molar-refractivity contribution < 1.29 is 9.59 Å². The van der Waals surface area contributed by atoms with Crippen LogP contribution in [0.5, 0.6) is 0 Å². The molecule has 0 saturated carbocycles. The highest BCUT2D eigenvalue weighted by atomic mass is 79.9. The van der Waals surface area contributed by atoms with Gasteiger partial charge in [0.05, 0.1) is 0 Å². The first-order chi connectivity index (χ1) is 11.6. The molecule has 0 aromatic heterocycles. The predicted octanol–water partition coefficient (Wildman–Crippen LogP) is 3.95. The van der Waals surface area contributed by atoms with Gasteiger partial charge in [-0.05, 0) is 43.9 Å². The van der Waals surface area contributed by atoms with Gasteiger partial charge in [-0.2, -0.15) is 0 Å². The fourth-order valence-corrected chi connectivity index (χ4v) is 3.66. The van der Waals surface area contributed by atoms with E-state index < -0.39 is 0 Å². The average Bonchev–Trinajstić information content (AvgIpc) is 2.60. The van der Waals surface area contributed by atoms with Gasteiger partial charge in [0.25, 0.3) is 5.91 Å². The Morgan fingerprint density at radius 1 is 1.17 bits per heavy atom. The van der Waals surface area contributed by atoms with E-state index in [0.717, 1.165) is 43.2 Å². The molecule has 0 N–H and O–H groups in total. The first kappa shape index (κ1) is 19.0. The summed E-state index contributed by atoms with van der Waals surface area (Å²) in [5.74, 6) is 0.393. The van der Waals surface area contributed by atoms with Gasteiger partial charge in [-0.15, -0.1) is 0 Å². The summed E-state index contributed by atoms with van der Waals surface area (Å²) < 4.78 is 0.910. The monoisotopic (exact) mass is 394 g/mol. The molecule has 5 heteroatoms. The maximum atomic E-state index is 12.7. The van der Waals surface area contributed by atoms with Crippen molar-refractivity contribution in [2.45, 2.75) is 39.5 Å². The number of halogens is 1. The zero-order valence-electron chi connectivity index (χ0n) is 14.6. The average molecular weight is 395 g/mol. The zero-order chi connectivity index (χ0) is 17.5. The van der Waals surface area contributed by atoms with Gasteiger partial charge in [-0.3, -0.25) is 9.59 Å². The van der Waals surface area contributed by atoms with Crippen LogP contribution < -0.4 is 0 Å². The molecule has 0 spiro atoms. The number of benzene rings is 1. The van der Waals surface area contributed by atoms with Crippen molar-refractivity contribution in [3.63, 3.8) is 0 Å². The Hall–Kier alpha value is -1.36. The van der Waals surface area contributed by atoms with Crippen LogP contribution in [0.2, 0.25) is 0 Å². The van der Waals surface area contributed by atoms with Crippen LogP contribution in [0.15, 0.2) is 28.7 Å². The maximum absolute atomic E-state index is 12.7. The minimum absolute atomic E-state index is 0.0566. The van der Waals surface area contributed by atoms with Crippen molar-refractivity contribution in [3.05, 3.63) is 34.3 Å². The topological polar surface area (TPSA) is 40.6 Å². The van der Waals surface area contributed by atoms with Crippen LogP contribution in [-0.2, 0) is 4.79 Å². The second-order valence-corrected chi connectivity index (χ2v) is 7.32. The minimum Gasteiger partial charge on any atom is -0.342 e. The number of hydrogen-bond donors (Lipinski definition) is 0. The second-order valence-electron chi connectivity index (χ2n) is 6.40. The Morgan fingerprint density at radius 2 is 1.79 bits per heavy atom. The number of nitrogens with zero attached hydrogens (tertiary/aromatic N) is 2. The van der Waals surface area contributed by atoms with Crippen LogP contribution in [0.25, 0.3) is 0 Å². The van der Waals surface area contributed by atoms with Gasteiger partial charge in [-0.25, -0.2) is 0 Å². The lowest BCUT2D eigenvalue weighted by molar-refractivity contribution is -0.137. The summed E-state index contributed by atoms with van der Waals surface area (Å²) in [5.41, 5.74) is 0.702. The molecule has 1 aliphatic rings. The summed E-state index contributed by atoms with van der Waals surface area (Å²) in [7, 11) is 0. The Bertz CT molecular complexity index is 562. The molecule has 1 aromatic rings. The highest BCUT2D eigenvalue weighted by molar-refractivity contribution is 9.10. The van der Waals surface area contributed by atoms with Crippen LogP contribution in [0, 0.1) is 5.92 Å². The second kappa shape index (κ2) is 9.21. The van der Waals surface area contributed by atoms with E-state index in [1.807, 2.05) is 34.1 Å². The van der Waals surface area contributed by atoms with Gasteiger partial charge >= 0.3 is 0 Å². The SMILES string of the molecule is CCCN(CCC)C(=O)C1CCN(C(=O)c2cccc(Br)c2)CC1. The standard InChI is InChI=1S/C19H27BrN2O2/c1-3-10-21(11-4-2)18(23)15-8-12-22(13-9-15)19(24)16-6-5-7-17(20)14-16/h5-7,14-15H,3-4,8-13H2,1-2H3. The fraction of sp³-hybridized carbons (Fsp3) is 0.579. The normalized spacial score (nSPS) is 15.4. The first-order valence-electron chi connectivity index (χ1n) is 8.90. The van der Waals surface area contributed by atoms with Crippen LogP contribution in [0.3, 0.4) is 0 Å². The number of rotatable bonds is 6. The van der Waals surface area contributed by atoms with Gasteiger partial charge < -0.3 is 9.80 Å². The van der Waals surface area contributed by atoms with E-state index in [2.05, 4.69) is 29.8 Å². The number of hydrogen-bond acceptors (Lipinski definition) is 2. The maximum Gasteiger partial charge on any atom is 0.253 e. The van der Waals surface area contributed by atoms with E-state index >= 15 is 0 Å². The smallest absolute Gasteiger partial charge is 0.253 e. The molecule has 132 valence electrons. The highest BCUT2D eigenvalue weighted by Crippen LogP contribution is 2.22. The van der Waals surface area contributed by atoms with Crippen molar-refractivity contribution in [1.82, 2.24) is 9.80 Å². The molecular formula is C19H27BrN2O2. The Kier molecular flexibility index (Phi) is 7.28. The third kappa shape index (κ3) is 4.82. The molecule has 1 saturated heterocycles. The van der Waals surface area contributed by atoms with Crippen molar-refractivity contribution in [3.8, 4) is 0 Å². The molecule has 0 unspecified atom stereocenters. The number of piperidine rings is 1. The lowest BCUT2D eigenvalue weighted by Crippen LogP contribution is -2.44. The predicted molar refractivity (Wildman–Crippen MR) is 99.9 cm³/mol. The Morgan fingerprint density at radius 3 is 2.33 bits per heavy atom. The summed E-state index contributed by atoms with van der Waals surface area (Å²) in [4.78, 5) is 29.1. The highest BCUT2D eigenvalue weighted by Gasteiger charge is 2.30. The molecule has 0 atom stereocenters. The summed E-state index contributed by atoms with van der Waals surface area (Å²) in [6.07, 6.45) is 3.52. The fourth-order valence-electron chi connectivity index (χ4n) is 3.26. The molecule has 1 heterocycles. The van der Waals surface area contributed by atoms with E-state index in [-0.39, 0.29) is 17.7 Å². The van der Waals surface area contributed by atoms with Crippen LogP contribution in [0.1, 0.15) is 49.9 Å². The Balaban J connectivity index is 1.93. The summed E-state index contributed by atoms with van der Waals surface area (Å²) in [6, 6.07) is 7.48. The molecule has 1 aromatic carbocycles. The van der Waals surface area contributed by atoms with Crippen molar-refractivity contribution in [2.24, 2.45) is 5.92 Å². The van der Waals surface area contributed by atoms with E-state index in [1.165, 1.54) is 0 Å². The third-order valence-electron chi connectivity index (χ3n) is 4.50. The minimum atomic E-state index is 0.0566. The molecule has 0 bridgehead atoms. The molecule has 24 heavy (non-hydrogen) atoms. The number of carbonyl (C=O) groups excluding carboxylic acids is 2. The molecule has 0 aliphatic carbocycles. The van der Waals surface area contributed by atoms with E-state index in [0.29, 0.717) is 18.7 Å². The first-order valence-corrected chi connectivity index (χ1v) is 9.69. The van der Waals surface area contributed by atoms with Gasteiger partial charge in [0.1, 0.15) is 0 Å². The molecule has 1 aliphatic heterocycles. The van der Waals surface area contributed by atoms with Crippen LogP contribution >= 0.6 is 15.9 Å². The largest absolute Gasteiger partial charge is 0.342 e. The van der Waals surface area contributed by atoms with E-state index in [9.17, 15) is 9.59 Å². The molecule has 2 rings (SSSR count). The molecule has 0 radical (unpaired) electrons. The van der Waals surface area contributed by atoms with Gasteiger partial charge in [0, 0.05) is 42.1 Å². The Labute approximate surface area is 153 Å². The van der Waals surface area contributed by atoms with Crippen LogP contribution in [-0.4, -0.2) is 47.8 Å². The van der Waals surface area contributed by atoms with Gasteiger partial charge in [0.15, 0.2) is 0 Å². The molecule has 1 fully saturated rings. The van der Waals surface area contributed by atoms with Gasteiger partial charge in [-0.1, -0.05) is 35.8 Å². The van der Waals surface area contributed by atoms with Gasteiger partial charge in [0.2, 0.25) is 5.91 Å². The van der Waals surface area contributed by atoms with Crippen LogP contribution in [0.4, 0.5) is 0 Å². The number of likely N-dealkylation sites (tertiary alicyclic amines) is 1. The molecule has 4 nitrogen and oxygen atoms in total. The molecular weight excluding hydrogens is 368 g/mol. The number of amides is 2.